The summed E-state index contributed by atoms with van der Waals surface area (Å²) in [6.07, 6.45) is -5.89. The Labute approximate surface area is 215 Å². The molecule has 196 valence electrons. The van der Waals surface area contributed by atoms with Gasteiger partial charge >= 0.3 is 18.1 Å². The summed E-state index contributed by atoms with van der Waals surface area (Å²) in [7, 11) is 1.10. The van der Waals surface area contributed by atoms with Crippen LogP contribution >= 0.6 is 11.3 Å². The first-order valence-electron chi connectivity index (χ1n) is 11.0. The molecule has 5 rings (SSSR count). The number of esters is 1. The van der Waals surface area contributed by atoms with Gasteiger partial charge in [-0.05, 0) is 34.0 Å². The van der Waals surface area contributed by atoms with Crippen LogP contribution in [0.5, 0.6) is 0 Å². The number of thiophene rings is 1. The maximum absolute atomic E-state index is 14.6. The van der Waals surface area contributed by atoms with E-state index in [4.69, 9.17) is 4.74 Å². The van der Waals surface area contributed by atoms with Crippen molar-refractivity contribution in [1.29, 1.82) is 0 Å². The standard InChI is InChI=1S/C24H17F5N6O2S/c1-12-17-18(19(38-12)21(36)37-2)35(22(30-17)23(25,26)24(27,28)29)11-13-7-9-14(10-8-13)15-5-3-4-6-16(15)20-31-33-34-32-20/h3-10H,11H2,1-2H3,(H,31,32,33,34). The number of tetrazole rings is 1. The number of hydrogen-bond acceptors (Lipinski definition) is 7. The molecule has 0 saturated carbocycles. The van der Waals surface area contributed by atoms with Crippen molar-refractivity contribution in [3.05, 3.63) is 69.7 Å². The number of H-pyrrole nitrogens is 1. The van der Waals surface area contributed by atoms with E-state index in [1.807, 2.05) is 24.3 Å². The second-order valence-corrected chi connectivity index (χ2v) is 9.49. The number of imidazole rings is 1. The maximum atomic E-state index is 14.6. The lowest BCUT2D eigenvalue weighted by Gasteiger charge is -2.21. The van der Waals surface area contributed by atoms with Crippen LogP contribution in [0.2, 0.25) is 0 Å². The molecule has 0 aliphatic rings. The van der Waals surface area contributed by atoms with E-state index in [0.717, 1.165) is 34.1 Å². The van der Waals surface area contributed by atoms with Gasteiger partial charge in [0.2, 0.25) is 0 Å². The molecule has 38 heavy (non-hydrogen) atoms. The van der Waals surface area contributed by atoms with Crippen LogP contribution < -0.4 is 0 Å². The predicted octanol–water partition coefficient (Wildman–Crippen LogP) is 5.74. The molecule has 0 saturated heterocycles. The number of ether oxygens (including phenoxy) is 1. The number of methoxy groups -OCH3 is 1. The monoisotopic (exact) mass is 548 g/mol. The van der Waals surface area contributed by atoms with Crippen molar-refractivity contribution in [2.75, 3.05) is 7.11 Å². The van der Waals surface area contributed by atoms with Crippen LogP contribution in [0, 0.1) is 6.92 Å². The number of aromatic nitrogens is 6. The molecule has 0 aliphatic carbocycles. The molecular weight excluding hydrogens is 531 g/mol. The van der Waals surface area contributed by atoms with E-state index in [0.29, 0.717) is 21.8 Å². The Morgan fingerprint density at radius 2 is 1.74 bits per heavy atom. The number of carbonyl (C=O) groups excluding carboxylic acids is 1. The Balaban J connectivity index is 1.60. The van der Waals surface area contributed by atoms with Crippen molar-refractivity contribution in [2.45, 2.75) is 25.6 Å². The summed E-state index contributed by atoms with van der Waals surface area (Å²) in [5.41, 5.74) is 2.38. The maximum Gasteiger partial charge on any atom is 0.461 e. The first-order valence-corrected chi connectivity index (χ1v) is 11.8. The number of alkyl halides is 5. The lowest BCUT2D eigenvalue weighted by atomic mass is 9.98. The number of aromatic amines is 1. The summed E-state index contributed by atoms with van der Waals surface area (Å²) >= 11 is 0.915. The molecule has 5 aromatic rings. The highest BCUT2D eigenvalue weighted by Crippen LogP contribution is 2.46. The zero-order valence-electron chi connectivity index (χ0n) is 19.7. The number of benzene rings is 2. The van der Waals surface area contributed by atoms with Crippen molar-refractivity contribution < 1.29 is 31.5 Å². The van der Waals surface area contributed by atoms with Crippen LogP contribution in [0.15, 0.2) is 48.5 Å². The molecule has 3 heterocycles. The fourth-order valence-corrected chi connectivity index (χ4v) is 5.13. The lowest BCUT2D eigenvalue weighted by Crippen LogP contribution is -2.36. The first-order chi connectivity index (χ1) is 18.0. The second kappa shape index (κ2) is 9.28. The van der Waals surface area contributed by atoms with E-state index in [1.165, 1.54) is 6.92 Å². The number of hydrogen-bond donors (Lipinski definition) is 1. The van der Waals surface area contributed by atoms with Gasteiger partial charge in [0.25, 0.3) is 0 Å². The van der Waals surface area contributed by atoms with Gasteiger partial charge in [0.1, 0.15) is 10.4 Å². The number of fused-ring (bicyclic) bond motifs is 1. The Kier molecular flexibility index (Phi) is 6.21. The van der Waals surface area contributed by atoms with E-state index < -0.39 is 30.4 Å². The number of aryl methyl sites for hydroxylation is 1. The molecule has 2 aromatic carbocycles. The van der Waals surface area contributed by atoms with E-state index in [9.17, 15) is 26.7 Å². The third-order valence-corrected chi connectivity index (χ3v) is 6.98. The molecular formula is C24H17F5N6O2S. The van der Waals surface area contributed by atoms with Crippen molar-refractivity contribution in [1.82, 2.24) is 30.2 Å². The Morgan fingerprint density at radius 3 is 2.34 bits per heavy atom. The Hall–Kier alpha value is -4.20. The molecule has 0 amide bonds. The lowest BCUT2D eigenvalue weighted by molar-refractivity contribution is -0.293. The molecule has 3 aromatic heterocycles. The molecule has 0 unspecified atom stereocenters. The van der Waals surface area contributed by atoms with Crippen molar-refractivity contribution in [3.63, 3.8) is 0 Å². The smallest absolute Gasteiger partial charge is 0.461 e. The van der Waals surface area contributed by atoms with Crippen molar-refractivity contribution in [3.8, 4) is 22.5 Å². The summed E-state index contributed by atoms with van der Waals surface area (Å²) in [5, 5.41) is 13.8. The predicted molar refractivity (Wildman–Crippen MR) is 128 cm³/mol. The summed E-state index contributed by atoms with van der Waals surface area (Å²) in [6, 6.07) is 13.9. The minimum absolute atomic E-state index is 0.108. The second-order valence-electron chi connectivity index (χ2n) is 8.26. The zero-order valence-corrected chi connectivity index (χ0v) is 20.5. The minimum Gasteiger partial charge on any atom is -0.465 e. The SMILES string of the molecule is COC(=O)c1sc(C)c2nc(C(F)(F)C(F)(F)F)n(Cc3ccc(-c4ccccc4-c4nnn[nH]4)cc3)c12. The topological polar surface area (TPSA) is 98.6 Å². The van der Waals surface area contributed by atoms with E-state index in [2.05, 4.69) is 25.6 Å². The van der Waals surface area contributed by atoms with Crippen molar-refractivity contribution >= 4 is 28.3 Å². The van der Waals surface area contributed by atoms with Gasteiger partial charge in [-0.3, -0.25) is 0 Å². The fraction of sp³-hybridized carbons (Fsp3) is 0.208. The minimum atomic E-state index is -5.89. The van der Waals surface area contributed by atoms with Gasteiger partial charge in [0.05, 0.1) is 12.6 Å². The summed E-state index contributed by atoms with van der Waals surface area (Å²) in [5.74, 6) is -7.17. The molecule has 8 nitrogen and oxygen atoms in total. The molecule has 0 spiro atoms. The molecule has 0 aliphatic heterocycles. The van der Waals surface area contributed by atoms with Crippen LogP contribution in [0.4, 0.5) is 22.0 Å². The van der Waals surface area contributed by atoms with Crippen LogP contribution in [-0.4, -0.2) is 49.4 Å². The molecule has 1 N–H and O–H groups in total. The van der Waals surface area contributed by atoms with Gasteiger partial charge in [0, 0.05) is 17.0 Å². The number of carbonyl (C=O) groups is 1. The fourth-order valence-electron chi connectivity index (χ4n) is 4.12. The average molecular weight is 548 g/mol. The van der Waals surface area contributed by atoms with Gasteiger partial charge in [-0.1, -0.05) is 48.5 Å². The molecule has 0 radical (unpaired) electrons. The largest absolute Gasteiger partial charge is 0.465 e. The number of nitrogens with one attached hydrogen (secondary N) is 1. The number of halogens is 5. The van der Waals surface area contributed by atoms with Gasteiger partial charge < -0.3 is 9.30 Å². The van der Waals surface area contributed by atoms with Gasteiger partial charge in [-0.25, -0.2) is 14.9 Å². The van der Waals surface area contributed by atoms with Gasteiger partial charge in [0.15, 0.2) is 11.6 Å². The summed E-state index contributed by atoms with van der Waals surface area (Å²) in [6.45, 7) is 1.09. The summed E-state index contributed by atoms with van der Waals surface area (Å²) < 4.78 is 74.9. The highest BCUT2D eigenvalue weighted by molar-refractivity contribution is 7.15. The highest BCUT2D eigenvalue weighted by Gasteiger charge is 2.62. The van der Waals surface area contributed by atoms with Gasteiger partial charge in [-0.15, -0.1) is 16.4 Å². The Morgan fingerprint density at radius 1 is 1.05 bits per heavy atom. The molecule has 0 bridgehead atoms. The van der Waals surface area contributed by atoms with E-state index in [-0.39, 0.29) is 15.9 Å². The molecule has 0 fully saturated rings. The number of rotatable bonds is 6. The Bertz CT molecular complexity index is 1620. The third-order valence-electron chi connectivity index (χ3n) is 5.91. The van der Waals surface area contributed by atoms with Gasteiger partial charge in [-0.2, -0.15) is 22.0 Å². The average Bonchev–Trinajstić information content (AvgIpc) is 3.62. The van der Waals surface area contributed by atoms with Crippen LogP contribution in [0.25, 0.3) is 33.5 Å². The zero-order chi connectivity index (χ0) is 27.2. The van der Waals surface area contributed by atoms with E-state index in [1.54, 1.807) is 24.3 Å². The third kappa shape index (κ3) is 4.20. The first kappa shape index (κ1) is 25.4. The summed E-state index contributed by atoms with van der Waals surface area (Å²) in [4.78, 5) is 16.2. The quantitative estimate of drug-likeness (QED) is 0.215. The van der Waals surface area contributed by atoms with Crippen LogP contribution in [0.3, 0.4) is 0 Å². The molecule has 14 heteroatoms. The molecule has 0 atom stereocenters. The van der Waals surface area contributed by atoms with Crippen LogP contribution in [0.1, 0.15) is 25.9 Å². The normalized spacial score (nSPS) is 12.3. The number of nitrogens with zero attached hydrogens (tertiary/aromatic N) is 5. The van der Waals surface area contributed by atoms with Crippen molar-refractivity contribution in [2.24, 2.45) is 0 Å². The van der Waals surface area contributed by atoms with E-state index >= 15 is 0 Å². The van der Waals surface area contributed by atoms with Crippen LogP contribution in [-0.2, 0) is 17.2 Å². The highest BCUT2D eigenvalue weighted by atomic mass is 32.1.